The summed E-state index contributed by atoms with van der Waals surface area (Å²) in [5, 5.41) is 17.9. The van der Waals surface area contributed by atoms with Crippen LogP contribution in [0.3, 0.4) is 0 Å². The molecule has 0 aromatic heterocycles. The molecule has 0 aliphatic rings. The van der Waals surface area contributed by atoms with Crippen LogP contribution in [0.25, 0.3) is 0 Å². The summed E-state index contributed by atoms with van der Waals surface area (Å²) in [6.45, 7) is 8.90. The molecule has 0 saturated heterocycles. The number of carbonyl (C=O) groups is 2. The Morgan fingerprint density at radius 2 is 1.50 bits per heavy atom. The summed E-state index contributed by atoms with van der Waals surface area (Å²) in [6, 6.07) is 0. The van der Waals surface area contributed by atoms with Crippen molar-refractivity contribution in [2.24, 2.45) is 17.8 Å². The van der Waals surface area contributed by atoms with Gasteiger partial charge in [0.2, 0.25) is 5.78 Å². The normalized spacial score (nSPS) is 15.3. The van der Waals surface area contributed by atoms with Gasteiger partial charge in [-0.15, -0.1) is 0 Å². The maximum absolute atomic E-state index is 11.9. The van der Waals surface area contributed by atoms with E-state index in [1.54, 1.807) is 0 Å². The molecule has 0 fully saturated rings. The van der Waals surface area contributed by atoms with Crippen LogP contribution < -0.4 is 0 Å². The lowest BCUT2D eigenvalue weighted by atomic mass is 9.93. The third-order valence-electron chi connectivity index (χ3n) is 4.98. The number of aliphatic hydroxyl groups is 2. The molecule has 0 amide bonds. The van der Waals surface area contributed by atoms with Crippen LogP contribution >= 0.6 is 0 Å². The molecule has 0 radical (unpaired) electrons. The predicted octanol–water partition coefficient (Wildman–Crippen LogP) is 5.12. The lowest BCUT2D eigenvalue weighted by Crippen LogP contribution is -2.27. The number of hydrogen-bond acceptors (Lipinski definition) is 6. The number of methoxy groups -OCH3 is 1. The Morgan fingerprint density at radius 1 is 0.929 bits per heavy atom. The van der Waals surface area contributed by atoms with E-state index < -0.39 is 17.6 Å². The van der Waals surface area contributed by atoms with E-state index >= 15 is 0 Å². The minimum absolute atomic E-state index is 0.0292. The second kappa shape index (κ2) is 15.4. The van der Waals surface area contributed by atoms with Crippen LogP contribution in [-0.4, -0.2) is 41.8 Å². The number of ether oxygens (including phenoxy) is 2. The van der Waals surface area contributed by atoms with Crippen molar-refractivity contribution in [3.8, 4) is 0 Å². The number of hydrogen-bond donors (Lipinski definition) is 2. The first-order chi connectivity index (χ1) is 13.2. The van der Waals surface area contributed by atoms with Crippen molar-refractivity contribution in [1.82, 2.24) is 0 Å². The van der Waals surface area contributed by atoms with E-state index in [9.17, 15) is 14.7 Å². The smallest absolute Gasteiger partial charge is 0.306 e. The average molecular weight is 401 g/mol. The Hall–Kier alpha value is -1.56. The highest BCUT2D eigenvalue weighted by Crippen LogP contribution is 2.20. The Labute approximate surface area is 170 Å². The summed E-state index contributed by atoms with van der Waals surface area (Å²) in [7, 11) is 1.32. The summed E-state index contributed by atoms with van der Waals surface area (Å²) in [6.07, 6.45) is 7.01. The van der Waals surface area contributed by atoms with E-state index in [0.717, 1.165) is 24.7 Å². The fourth-order valence-electron chi connectivity index (χ4n) is 3.14. The number of Topliss-reactive ketones (excluding diaryl/α,β-unsaturated/α-hetero) is 1. The Bertz CT molecular complexity index is 472. The van der Waals surface area contributed by atoms with E-state index in [2.05, 4.69) is 27.7 Å². The quantitative estimate of drug-likeness (QED) is 0.212. The minimum Gasteiger partial charge on any atom is -0.512 e. The summed E-state index contributed by atoms with van der Waals surface area (Å²) in [4.78, 5) is 23.6. The zero-order chi connectivity index (χ0) is 21.5. The van der Waals surface area contributed by atoms with Gasteiger partial charge in [-0.3, -0.25) is 9.59 Å². The predicted molar refractivity (Wildman–Crippen MR) is 110 cm³/mol. The van der Waals surface area contributed by atoms with Gasteiger partial charge in [0.1, 0.15) is 12.4 Å². The van der Waals surface area contributed by atoms with Crippen LogP contribution in [0, 0.1) is 17.8 Å². The first-order valence-electron chi connectivity index (χ1n) is 10.5. The highest BCUT2D eigenvalue weighted by atomic mass is 16.5. The minimum atomic E-state index is -0.953. The van der Waals surface area contributed by atoms with Crippen molar-refractivity contribution in [2.45, 2.75) is 85.2 Å². The maximum Gasteiger partial charge on any atom is 0.306 e. The lowest BCUT2D eigenvalue weighted by Gasteiger charge is -2.16. The summed E-state index contributed by atoms with van der Waals surface area (Å²) < 4.78 is 10.1. The van der Waals surface area contributed by atoms with Gasteiger partial charge in [0.05, 0.1) is 6.61 Å². The van der Waals surface area contributed by atoms with Crippen molar-refractivity contribution in [2.75, 3.05) is 13.7 Å². The molecule has 0 saturated carbocycles. The average Bonchev–Trinajstić information content (AvgIpc) is 2.63. The molecule has 0 aliphatic heterocycles. The van der Waals surface area contributed by atoms with Gasteiger partial charge in [-0.2, -0.15) is 0 Å². The first-order valence-corrected chi connectivity index (χ1v) is 10.5. The summed E-state index contributed by atoms with van der Waals surface area (Å²) in [5.74, 6) is -0.0430. The molecular formula is C22H40O6. The van der Waals surface area contributed by atoms with Crippen LogP contribution in [-0.2, 0) is 19.1 Å². The molecule has 0 aliphatic carbocycles. The Kier molecular flexibility index (Phi) is 14.5. The third kappa shape index (κ3) is 12.8. The number of rotatable bonds is 16. The van der Waals surface area contributed by atoms with Crippen LogP contribution in [0.5, 0.6) is 0 Å². The van der Waals surface area contributed by atoms with Crippen LogP contribution in [0.15, 0.2) is 12.0 Å². The highest BCUT2D eigenvalue weighted by molar-refractivity contribution is 5.96. The van der Waals surface area contributed by atoms with E-state index in [-0.39, 0.29) is 24.9 Å². The maximum atomic E-state index is 11.9. The van der Waals surface area contributed by atoms with Crippen molar-refractivity contribution < 1.29 is 29.3 Å². The van der Waals surface area contributed by atoms with Gasteiger partial charge in [0, 0.05) is 20.0 Å². The van der Waals surface area contributed by atoms with Crippen LogP contribution in [0.2, 0.25) is 0 Å². The van der Waals surface area contributed by atoms with Crippen molar-refractivity contribution in [1.29, 1.82) is 0 Å². The van der Waals surface area contributed by atoms with Gasteiger partial charge in [-0.05, 0) is 17.8 Å². The molecule has 0 rings (SSSR count). The molecule has 0 bridgehead atoms. The van der Waals surface area contributed by atoms with Crippen LogP contribution in [0.1, 0.15) is 79.1 Å². The second-order valence-electron chi connectivity index (χ2n) is 8.28. The first kappa shape index (κ1) is 26.4. The van der Waals surface area contributed by atoms with E-state index in [1.807, 2.05) is 0 Å². The van der Waals surface area contributed by atoms with Crippen molar-refractivity contribution >= 4 is 11.8 Å². The molecule has 3 atom stereocenters. The molecule has 0 aromatic carbocycles. The molecule has 6 heteroatoms. The fraction of sp³-hybridized carbons (Fsp3) is 0.818. The molecule has 0 aromatic rings. The number of ketones is 1. The largest absolute Gasteiger partial charge is 0.512 e. The zero-order valence-corrected chi connectivity index (χ0v) is 18.3. The Morgan fingerprint density at radius 3 is 2.04 bits per heavy atom. The Balaban J connectivity index is 3.95. The monoisotopic (exact) mass is 400 g/mol. The van der Waals surface area contributed by atoms with E-state index in [1.165, 1.54) is 32.8 Å². The molecule has 2 N–H and O–H groups in total. The van der Waals surface area contributed by atoms with Gasteiger partial charge in [0.25, 0.3) is 0 Å². The van der Waals surface area contributed by atoms with Gasteiger partial charge < -0.3 is 19.7 Å². The number of aliphatic hydroxyl groups excluding tert-OH is 2. The third-order valence-corrected chi connectivity index (χ3v) is 4.98. The number of carbonyl (C=O) groups excluding carboxylic acids is 2. The van der Waals surface area contributed by atoms with E-state index in [0.29, 0.717) is 12.7 Å². The summed E-state index contributed by atoms with van der Waals surface area (Å²) in [5.41, 5.74) is 0. The standard InChI is InChI=1S/C22H40O6/c1-16(2)8-6-9-17(3)10-7-11-18(4)14-21(25)28-13-12-20(27-5)22(26)19(24)15-23/h15-18,20,23-24H,6-14H2,1-5H3/b19-15-. The van der Waals surface area contributed by atoms with Gasteiger partial charge in [-0.25, -0.2) is 0 Å². The SMILES string of the molecule is COC(CCOC(=O)CC(C)CCCC(C)CCCC(C)C)C(=O)/C(O)=C/O. The zero-order valence-electron chi connectivity index (χ0n) is 18.3. The molecule has 0 spiro atoms. The molecular weight excluding hydrogens is 360 g/mol. The molecule has 164 valence electrons. The topological polar surface area (TPSA) is 93.1 Å². The van der Waals surface area contributed by atoms with Gasteiger partial charge >= 0.3 is 5.97 Å². The number of esters is 1. The van der Waals surface area contributed by atoms with Gasteiger partial charge in [-0.1, -0.05) is 66.2 Å². The van der Waals surface area contributed by atoms with Crippen LogP contribution in [0.4, 0.5) is 0 Å². The van der Waals surface area contributed by atoms with Gasteiger partial charge in [0.15, 0.2) is 5.76 Å². The lowest BCUT2D eigenvalue weighted by molar-refractivity contribution is -0.146. The summed E-state index contributed by atoms with van der Waals surface area (Å²) >= 11 is 0. The van der Waals surface area contributed by atoms with Crippen molar-refractivity contribution in [3.63, 3.8) is 0 Å². The fourth-order valence-corrected chi connectivity index (χ4v) is 3.14. The molecule has 28 heavy (non-hydrogen) atoms. The highest BCUT2D eigenvalue weighted by Gasteiger charge is 2.22. The second-order valence-corrected chi connectivity index (χ2v) is 8.28. The molecule has 3 unspecified atom stereocenters. The molecule has 0 heterocycles. The van der Waals surface area contributed by atoms with E-state index in [4.69, 9.17) is 14.6 Å². The molecule has 6 nitrogen and oxygen atoms in total. The van der Waals surface area contributed by atoms with Crippen molar-refractivity contribution in [3.05, 3.63) is 12.0 Å².